The van der Waals surface area contributed by atoms with Crippen molar-refractivity contribution < 1.29 is 23.3 Å². The molecule has 0 aromatic heterocycles. The number of methoxy groups -OCH3 is 1. The van der Waals surface area contributed by atoms with Gasteiger partial charge in [-0.2, -0.15) is 0 Å². The van der Waals surface area contributed by atoms with Crippen molar-refractivity contribution in [3.8, 4) is 5.75 Å². The maximum atomic E-state index is 11.4. The van der Waals surface area contributed by atoms with Crippen LogP contribution in [0.3, 0.4) is 0 Å². The third kappa shape index (κ3) is 5.01. The lowest BCUT2D eigenvalue weighted by Gasteiger charge is -2.10. The number of hydrogen-bond acceptors (Lipinski definition) is 4. The fraction of sp³-hybridized carbons (Fsp3) is 0.333. The van der Waals surface area contributed by atoms with Gasteiger partial charge in [0.1, 0.15) is 11.5 Å². The smallest absolute Gasteiger partial charge is 0.320 e. The standard InChI is InChI=1S/C9H13O5PS/c1-13-9-4-2-8(3-5-9)6-16(12)7-14-15(10)11/h2-5,15H,6-7H2,1H3,(H,10,11). The van der Waals surface area contributed by atoms with Gasteiger partial charge < -0.3 is 14.2 Å². The van der Waals surface area contributed by atoms with E-state index in [1.54, 1.807) is 31.4 Å². The van der Waals surface area contributed by atoms with Crippen LogP contribution in [-0.4, -0.2) is 22.5 Å². The molecule has 0 aliphatic heterocycles. The molecular formula is C9H13O5PS. The fourth-order valence-electron chi connectivity index (χ4n) is 1.07. The summed E-state index contributed by atoms with van der Waals surface area (Å²) in [4.78, 5) is 8.41. The quantitative estimate of drug-likeness (QED) is 0.619. The molecule has 0 aliphatic rings. The molecule has 0 spiro atoms. The van der Waals surface area contributed by atoms with Crippen LogP contribution in [0, 0.1) is 0 Å². The van der Waals surface area contributed by atoms with Crippen LogP contribution < -0.4 is 4.74 Å². The minimum atomic E-state index is -2.99. The Bertz CT molecular complexity index is 342. The molecule has 0 fully saturated rings. The van der Waals surface area contributed by atoms with E-state index in [4.69, 9.17) is 9.63 Å². The first-order valence-corrected chi connectivity index (χ1v) is 7.20. The van der Waals surface area contributed by atoms with Crippen molar-refractivity contribution in [2.75, 3.05) is 13.0 Å². The molecular weight excluding hydrogens is 251 g/mol. The zero-order valence-corrected chi connectivity index (χ0v) is 10.5. The summed E-state index contributed by atoms with van der Waals surface area (Å²) in [5.41, 5.74) is 0.861. The highest BCUT2D eigenvalue weighted by atomic mass is 32.2. The van der Waals surface area contributed by atoms with Crippen LogP contribution >= 0.6 is 8.25 Å². The Balaban J connectivity index is 2.43. The van der Waals surface area contributed by atoms with Crippen molar-refractivity contribution >= 4 is 19.4 Å². The lowest BCUT2D eigenvalue weighted by atomic mass is 10.2. The molecule has 2 atom stereocenters. The van der Waals surface area contributed by atoms with E-state index in [1.165, 1.54) is 0 Å². The highest BCUT2D eigenvalue weighted by Gasteiger charge is 2.09. The summed E-state index contributed by atoms with van der Waals surface area (Å²) in [5.74, 6) is 0.797. The summed E-state index contributed by atoms with van der Waals surface area (Å²) in [7, 11) is -1.43. The van der Waals surface area contributed by atoms with Gasteiger partial charge in [-0.3, -0.25) is 9.09 Å². The summed E-state index contributed by atoms with van der Waals surface area (Å²) in [6.07, 6.45) is 0. The summed E-state index contributed by atoms with van der Waals surface area (Å²) in [6, 6.07) is 7.11. The van der Waals surface area contributed by atoms with Gasteiger partial charge in [0.25, 0.3) is 0 Å². The Morgan fingerprint density at radius 2 is 2.06 bits per heavy atom. The van der Waals surface area contributed by atoms with Crippen molar-refractivity contribution in [3.63, 3.8) is 0 Å². The van der Waals surface area contributed by atoms with Crippen LogP contribution in [0.1, 0.15) is 5.56 Å². The molecule has 7 heteroatoms. The van der Waals surface area contributed by atoms with Gasteiger partial charge >= 0.3 is 8.25 Å². The molecule has 16 heavy (non-hydrogen) atoms. The third-order valence-electron chi connectivity index (χ3n) is 1.80. The SMILES string of the molecule is COc1ccc(C[S+]([O-])CO[PH](=O)O)cc1. The molecule has 1 N–H and O–H groups in total. The van der Waals surface area contributed by atoms with Gasteiger partial charge in [-0.15, -0.1) is 0 Å². The Labute approximate surface area is 97.5 Å². The van der Waals surface area contributed by atoms with Crippen molar-refractivity contribution in [2.24, 2.45) is 0 Å². The summed E-state index contributed by atoms with van der Waals surface area (Å²) in [5, 5.41) is 0. The maximum absolute atomic E-state index is 11.4. The molecule has 2 unspecified atom stereocenters. The van der Waals surface area contributed by atoms with E-state index >= 15 is 0 Å². The largest absolute Gasteiger partial charge is 0.614 e. The van der Waals surface area contributed by atoms with E-state index in [0.717, 1.165) is 11.3 Å². The third-order valence-corrected chi connectivity index (χ3v) is 3.44. The molecule has 0 saturated heterocycles. The number of hydrogen-bond donors (Lipinski definition) is 1. The van der Waals surface area contributed by atoms with Gasteiger partial charge in [-0.25, -0.2) is 0 Å². The summed E-state index contributed by atoms with van der Waals surface area (Å²) in [6.45, 7) is 0. The van der Waals surface area contributed by atoms with Crippen LogP contribution in [0.15, 0.2) is 24.3 Å². The Morgan fingerprint density at radius 3 is 2.56 bits per heavy atom. The molecule has 0 heterocycles. The number of benzene rings is 1. The normalized spacial score (nSPS) is 14.4. The highest BCUT2D eigenvalue weighted by Crippen LogP contribution is 2.18. The second kappa shape index (κ2) is 6.93. The van der Waals surface area contributed by atoms with Crippen LogP contribution in [0.25, 0.3) is 0 Å². The Kier molecular flexibility index (Phi) is 5.87. The number of rotatable bonds is 6. The highest BCUT2D eigenvalue weighted by molar-refractivity contribution is 7.90. The van der Waals surface area contributed by atoms with E-state index in [9.17, 15) is 9.12 Å². The average Bonchev–Trinajstić information content (AvgIpc) is 2.27. The van der Waals surface area contributed by atoms with E-state index in [1.807, 2.05) is 0 Å². The van der Waals surface area contributed by atoms with Gasteiger partial charge in [-0.05, 0) is 23.3 Å². The second-order valence-corrected chi connectivity index (χ2v) is 5.18. The molecule has 0 aliphatic carbocycles. The van der Waals surface area contributed by atoms with Gasteiger partial charge in [0, 0.05) is 5.56 Å². The van der Waals surface area contributed by atoms with Crippen molar-refractivity contribution in [2.45, 2.75) is 5.75 Å². The first kappa shape index (κ1) is 13.5. The lowest BCUT2D eigenvalue weighted by molar-refractivity contribution is 0.322. The van der Waals surface area contributed by atoms with Crippen LogP contribution in [0.4, 0.5) is 0 Å². The zero-order valence-electron chi connectivity index (χ0n) is 8.71. The van der Waals surface area contributed by atoms with Crippen molar-refractivity contribution in [1.29, 1.82) is 0 Å². The van der Waals surface area contributed by atoms with Crippen molar-refractivity contribution in [3.05, 3.63) is 29.8 Å². The molecule has 0 radical (unpaired) electrons. The maximum Gasteiger partial charge on any atom is 0.320 e. The van der Waals surface area contributed by atoms with E-state index in [0.29, 0.717) is 5.75 Å². The predicted molar refractivity (Wildman–Crippen MR) is 62.0 cm³/mol. The molecule has 1 aromatic carbocycles. The van der Waals surface area contributed by atoms with Crippen LogP contribution in [0.2, 0.25) is 0 Å². The topological polar surface area (TPSA) is 78.8 Å². The van der Waals surface area contributed by atoms with Gasteiger partial charge in [0.05, 0.1) is 7.11 Å². The molecule has 0 bridgehead atoms. The van der Waals surface area contributed by atoms with Crippen LogP contribution in [0.5, 0.6) is 5.75 Å². The summed E-state index contributed by atoms with van der Waals surface area (Å²) < 4.78 is 31.0. The van der Waals surface area contributed by atoms with E-state index in [2.05, 4.69) is 4.52 Å². The predicted octanol–water partition coefficient (Wildman–Crippen LogP) is 1.30. The molecule has 90 valence electrons. The second-order valence-electron chi connectivity index (χ2n) is 2.96. The molecule has 1 rings (SSSR count). The van der Waals surface area contributed by atoms with Crippen molar-refractivity contribution in [1.82, 2.24) is 0 Å². The molecule has 0 amide bonds. The van der Waals surface area contributed by atoms with Gasteiger partial charge in [0.15, 0.2) is 0 Å². The minimum absolute atomic E-state index is 0.222. The van der Waals surface area contributed by atoms with Gasteiger partial charge in [-0.1, -0.05) is 12.1 Å². The average molecular weight is 264 g/mol. The molecule has 5 nitrogen and oxygen atoms in total. The first-order chi connectivity index (χ1) is 7.61. The Morgan fingerprint density at radius 1 is 1.44 bits per heavy atom. The molecule has 0 saturated carbocycles. The van der Waals surface area contributed by atoms with E-state index in [-0.39, 0.29) is 5.94 Å². The first-order valence-electron chi connectivity index (χ1n) is 4.45. The summed E-state index contributed by atoms with van der Waals surface area (Å²) >= 11 is -1.30. The molecule has 1 aromatic rings. The van der Waals surface area contributed by atoms with Gasteiger partial charge in [0.2, 0.25) is 5.94 Å². The number of ether oxygens (including phenoxy) is 1. The van der Waals surface area contributed by atoms with E-state index < -0.39 is 19.4 Å². The lowest BCUT2D eigenvalue weighted by Crippen LogP contribution is -2.09. The zero-order chi connectivity index (χ0) is 12.0. The van der Waals surface area contributed by atoms with Crippen LogP contribution in [-0.2, 0) is 26.0 Å². The Hall–Kier alpha value is -0.520. The monoisotopic (exact) mass is 264 g/mol. The minimum Gasteiger partial charge on any atom is -0.614 e. The fourth-order valence-corrected chi connectivity index (χ4v) is 2.64.